The van der Waals surface area contributed by atoms with Crippen LogP contribution in [0.3, 0.4) is 0 Å². The first-order valence-electron chi connectivity index (χ1n) is 9.62. The normalized spacial score (nSPS) is 14.2. The number of nitrogens with one attached hydrogen (secondary N) is 2. The molecule has 148 valence electrons. The predicted octanol–water partition coefficient (Wildman–Crippen LogP) is 2.01. The van der Waals surface area contributed by atoms with E-state index in [1.165, 1.54) is 0 Å². The Morgan fingerprint density at radius 1 is 1.11 bits per heavy atom. The zero-order valence-electron chi connectivity index (χ0n) is 16.1. The Labute approximate surface area is 165 Å². The van der Waals surface area contributed by atoms with Crippen molar-refractivity contribution in [2.45, 2.75) is 38.3 Å². The van der Waals surface area contributed by atoms with Crippen molar-refractivity contribution in [2.24, 2.45) is 5.73 Å². The van der Waals surface area contributed by atoms with Crippen LogP contribution in [0.4, 0.5) is 0 Å². The van der Waals surface area contributed by atoms with Gasteiger partial charge in [0.25, 0.3) is 5.91 Å². The number of carbonyl (C=O) groups excluding carboxylic acids is 2. The third kappa shape index (κ3) is 6.09. The van der Waals surface area contributed by atoms with Crippen molar-refractivity contribution in [2.75, 3.05) is 13.2 Å². The van der Waals surface area contributed by atoms with Crippen LogP contribution in [0.5, 0.6) is 5.75 Å². The van der Waals surface area contributed by atoms with Gasteiger partial charge in [-0.05, 0) is 49.4 Å². The minimum absolute atomic E-state index is 0.0306. The topological polar surface area (TPSA) is 93.5 Å². The first-order valence-corrected chi connectivity index (χ1v) is 9.62. The van der Waals surface area contributed by atoms with E-state index in [9.17, 15) is 9.59 Å². The fraction of sp³-hybridized carbons (Fsp3) is 0.364. The third-order valence-electron chi connectivity index (χ3n) is 4.67. The molecule has 0 radical (unpaired) electrons. The first-order chi connectivity index (χ1) is 13.5. The molecule has 0 saturated heterocycles. The van der Waals surface area contributed by atoms with Gasteiger partial charge >= 0.3 is 0 Å². The molecule has 1 aliphatic rings. The molecule has 1 saturated carbocycles. The maximum absolute atomic E-state index is 12.2. The van der Waals surface area contributed by atoms with Gasteiger partial charge in [0.1, 0.15) is 11.8 Å². The molecule has 0 aromatic heterocycles. The summed E-state index contributed by atoms with van der Waals surface area (Å²) in [5.74, 6) is 0.379. The molecule has 1 aliphatic carbocycles. The van der Waals surface area contributed by atoms with Crippen molar-refractivity contribution in [3.63, 3.8) is 0 Å². The Morgan fingerprint density at radius 3 is 2.43 bits per heavy atom. The van der Waals surface area contributed by atoms with E-state index in [1.54, 1.807) is 0 Å². The van der Waals surface area contributed by atoms with E-state index in [4.69, 9.17) is 10.5 Å². The number of hydrogen-bond donors (Lipinski definition) is 3. The SMILES string of the molecule is Cc1ccc(C(N)C(=O)NCCc2ccc(OCC(=O)NC3CC3)cc2)cc1. The quantitative estimate of drug-likeness (QED) is 0.619. The summed E-state index contributed by atoms with van der Waals surface area (Å²) in [6, 6.07) is 14.8. The van der Waals surface area contributed by atoms with Gasteiger partial charge in [-0.2, -0.15) is 0 Å². The van der Waals surface area contributed by atoms with Gasteiger partial charge in [0.15, 0.2) is 6.61 Å². The Balaban J connectivity index is 1.38. The van der Waals surface area contributed by atoms with Gasteiger partial charge in [0, 0.05) is 12.6 Å². The van der Waals surface area contributed by atoms with Crippen LogP contribution in [0.2, 0.25) is 0 Å². The smallest absolute Gasteiger partial charge is 0.258 e. The van der Waals surface area contributed by atoms with Crippen LogP contribution in [-0.2, 0) is 16.0 Å². The summed E-state index contributed by atoms with van der Waals surface area (Å²) in [6.07, 6.45) is 2.81. The number of aryl methyl sites for hydroxylation is 1. The second-order valence-corrected chi connectivity index (χ2v) is 7.20. The summed E-state index contributed by atoms with van der Waals surface area (Å²) < 4.78 is 5.48. The van der Waals surface area contributed by atoms with Gasteiger partial charge in [-0.3, -0.25) is 9.59 Å². The molecular formula is C22H27N3O3. The monoisotopic (exact) mass is 381 g/mol. The lowest BCUT2D eigenvalue weighted by molar-refractivity contribution is -0.123. The second kappa shape index (κ2) is 9.37. The van der Waals surface area contributed by atoms with Crippen molar-refractivity contribution in [1.82, 2.24) is 10.6 Å². The summed E-state index contributed by atoms with van der Waals surface area (Å²) in [6.45, 7) is 2.53. The van der Waals surface area contributed by atoms with Crippen molar-refractivity contribution < 1.29 is 14.3 Å². The molecular weight excluding hydrogens is 354 g/mol. The van der Waals surface area contributed by atoms with Gasteiger partial charge in [-0.25, -0.2) is 0 Å². The Hall–Kier alpha value is -2.86. The first kappa shape index (κ1) is 19.9. The molecule has 2 aromatic carbocycles. The van der Waals surface area contributed by atoms with E-state index in [0.717, 1.165) is 29.5 Å². The van der Waals surface area contributed by atoms with E-state index in [2.05, 4.69) is 10.6 Å². The minimum Gasteiger partial charge on any atom is -0.484 e. The van der Waals surface area contributed by atoms with Gasteiger partial charge in [-0.1, -0.05) is 42.0 Å². The summed E-state index contributed by atoms with van der Waals surface area (Å²) >= 11 is 0. The molecule has 2 amide bonds. The van der Waals surface area contributed by atoms with Crippen LogP contribution < -0.4 is 21.1 Å². The molecule has 0 heterocycles. The summed E-state index contributed by atoms with van der Waals surface area (Å²) in [5, 5.41) is 5.76. The number of rotatable bonds is 9. The lowest BCUT2D eigenvalue weighted by atomic mass is 10.1. The van der Waals surface area contributed by atoms with Gasteiger partial charge in [0.2, 0.25) is 5.91 Å². The lowest BCUT2D eigenvalue weighted by Crippen LogP contribution is -2.35. The Morgan fingerprint density at radius 2 is 1.79 bits per heavy atom. The van der Waals surface area contributed by atoms with Gasteiger partial charge in [0.05, 0.1) is 0 Å². The average molecular weight is 381 g/mol. The summed E-state index contributed by atoms with van der Waals surface area (Å²) in [7, 11) is 0. The molecule has 1 atom stereocenters. The molecule has 4 N–H and O–H groups in total. The molecule has 0 aliphatic heterocycles. The molecule has 28 heavy (non-hydrogen) atoms. The number of carbonyl (C=O) groups is 2. The fourth-order valence-corrected chi connectivity index (χ4v) is 2.76. The average Bonchev–Trinajstić information content (AvgIpc) is 3.51. The van der Waals surface area contributed by atoms with Crippen molar-refractivity contribution in [3.8, 4) is 5.75 Å². The largest absolute Gasteiger partial charge is 0.484 e. The molecule has 3 rings (SSSR count). The Kier molecular flexibility index (Phi) is 6.66. The molecule has 1 fully saturated rings. The van der Waals surface area contributed by atoms with Crippen LogP contribution in [0.15, 0.2) is 48.5 Å². The molecule has 0 bridgehead atoms. The minimum atomic E-state index is -0.668. The number of hydrogen-bond acceptors (Lipinski definition) is 4. The van der Waals surface area contributed by atoms with Crippen LogP contribution in [0.25, 0.3) is 0 Å². The zero-order valence-corrected chi connectivity index (χ0v) is 16.1. The molecule has 6 heteroatoms. The lowest BCUT2D eigenvalue weighted by Gasteiger charge is -2.13. The van der Waals surface area contributed by atoms with E-state index in [-0.39, 0.29) is 18.4 Å². The zero-order chi connectivity index (χ0) is 19.9. The van der Waals surface area contributed by atoms with Crippen molar-refractivity contribution in [1.29, 1.82) is 0 Å². The van der Waals surface area contributed by atoms with Gasteiger partial charge < -0.3 is 21.1 Å². The van der Waals surface area contributed by atoms with E-state index in [1.807, 2.05) is 55.5 Å². The van der Waals surface area contributed by atoms with Gasteiger partial charge in [-0.15, -0.1) is 0 Å². The van der Waals surface area contributed by atoms with Crippen LogP contribution in [0, 0.1) is 6.92 Å². The van der Waals surface area contributed by atoms with E-state index in [0.29, 0.717) is 24.8 Å². The van der Waals surface area contributed by atoms with E-state index >= 15 is 0 Å². The maximum Gasteiger partial charge on any atom is 0.258 e. The number of amides is 2. The third-order valence-corrected chi connectivity index (χ3v) is 4.67. The highest BCUT2D eigenvalue weighted by Crippen LogP contribution is 2.18. The Bertz CT molecular complexity index is 799. The highest BCUT2D eigenvalue weighted by molar-refractivity contribution is 5.82. The molecule has 2 aromatic rings. The van der Waals surface area contributed by atoms with Crippen molar-refractivity contribution >= 4 is 11.8 Å². The molecule has 6 nitrogen and oxygen atoms in total. The van der Waals surface area contributed by atoms with Crippen molar-refractivity contribution in [3.05, 3.63) is 65.2 Å². The predicted molar refractivity (Wildman–Crippen MR) is 108 cm³/mol. The standard InChI is InChI=1S/C22H27N3O3/c1-15-2-6-17(7-3-15)21(23)22(27)24-13-12-16-4-10-19(11-5-16)28-14-20(26)25-18-8-9-18/h2-7,10-11,18,21H,8-9,12-14,23H2,1H3,(H,24,27)(H,25,26). The highest BCUT2D eigenvalue weighted by Gasteiger charge is 2.23. The summed E-state index contributed by atoms with van der Waals surface area (Å²) in [5.41, 5.74) is 9.02. The maximum atomic E-state index is 12.2. The molecule has 1 unspecified atom stereocenters. The number of ether oxygens (including phenoxy) is 1. The molecule has 0 spiro atoms. The van der Waals surface area contributed by atoms with Crippen LogP contribution >= 0.6 is 0 Å². The van der Waals surface area contributed by atoms with Crippen LogP contribution in [0.1, 0.15) is 35.6 Å². The fourth-order valence-electron chi connectivity index (χ4n) is 2.76. The van der Waals surface area contributed by atoms with Crippen LogP contribution in [-0.4, -0.2) is 31.0 Å². The highest BCUT2D eigenvalue weighted by atomic mass is 16.5. The summed E-state index contributed by atoms with van der Waals surface area (Å²) in [4.78, 5) is 23.8. The number of nitrogens with two attached hydrogens (primary N) is 1. The second-order valence-electron chi connectivity index (χ2n) is 7.20. The number of benzene rings is 2. The van der Waals surface area contributed by atoms with E-state index < -0.39 is 6.04 Å².